The van der Waals surface area contributed by atoms with Gasteiger partial charge in [0.2, 0.25) is 10.0 Å². The lowest BCUT2D eigenvalue weighted by molar-refractivity contribution is 0.363. The molecule has 8 nitrogen and oxygen atoms in total. The molecule has 3 heterocycles. The summed E-state index contributed by atoms with van der Waals surface area (Å²) in [6.45, 7) is 6.33. The minimum absolute atomic E-state index is 0.0660. The lowest BCUT2D eigenvalue weighted by Crippen LogP contribution is -2.25. The summed E-state index contributed by atoms with van der Waals surface area (Å²) in [5, 5.41) is 10.4. The summed E-state index contributed by atoms with van der Waals surface area (Å²) in [5.41, 5.74) is 1.86. The highest BCUT2D eigenvalue weighted by atomic mass is 32.2. The third kappa shape index (κ3) is 4.36. The average Bonchev–Trinajstić information content (AvgIpc) is 3.49. The maximum atomic E-state index is 15.0. The van der Waals surface area contributed by atoms with Crippen LogP contribution in [0.4, 0.5) is 21.6 Å². The van der Waals surface area contributed by atoms with E-state index in [1.54, 1.807) is 6.07 Å². The summed E-state index contributed by atoms with van der Waals surface area (Å²) >= 11 is 0. The Kier molecular flexibility index (Phi) is 5.23. The topological polar surface area (TPSA) is 113 Å². The number of sulfonamides is 1. The molecule has 0 bridgehead atoms. The van der Waals surface area contributed by atoms with E-state index >= 15 is 0 Å². The first-order valence-electron chi connectivity index (χ1n) is 11.2. The number of oxazole rings is 1. The maximum absolute atomic E-state index is 15.0. The highest BCUT2D eigenvalue weighted by molar-refractivity contribution is 7.92. The van der Waals surface area contributed by atoms with Crippen LogP contribution in [0.5, 0.6) is 0 Å². The molecule has 1 saturated carbocycles. The standard InChI is InChI=1S/C23H28FN5O3S/c1-23(2,3)19-12-25-22(32-19)14-5-4-13(10-14)18-11-20(28-27-18)26-17-7-6-16-15(21(17)24)8-9-33(30,31)29-16/h6-7,11-14,29H,4-5,8-10H2,1-3H3,(H2,26,27,28). The van der Waals surface area contributed by atoms with Crippen molar-refractivity contribution in [3.05, 3.63) is 53.1 Å². The van der Waals surface area contributed by atoms with Crippen LogP contribution < -0.4 is 10.0 Å². The largest absolute Gasteiger partial charge is 0.445 e. The van der Waals surface area contributed by atoms with Crippen molar-refractivity contribution in [3.8, 4) is 0 Å². The Labute approximate surface area is 192 Å². The highest BCUT2D eigenvalue weighted by Gasteiger charge is 2.32. The number of fused-ring (bicyclic) bond motifs is 1. The third-order valence-electron chi connectivity index (χ3n) is 6.47. The number of nitrogens with one attached hydrogen (secondary N) is 3. The maximum Gasteiger partial charge on any atom is 0.233 e. The second-order valence-electron chi connectivity index (χ2n) is 9.98. The molecule has 2 aromatic heterocycles. The predicted octanol–water partition coefficient (Wildman–Crippen LogP) is 4.93. The first-order valence-corrected chi connectivity index (χ1v) is 12.8. The number of hydrogen-bond donors (Lipinski definition) is 3. The second-order valence-corrected chi connectivity index (χ2v) is 11.8. The molecule has 0 radical (unpaired) electrons. The van der Waals surface area contributed by atoms with Crippen molar-refractivity contribution < 1.29 is 17.2 Å². The van der Waals surface area contributed by atoms with Crippen molar-refractivity contribution >= 4 is 27.2 Å². The van der Waals surface area contributed by atoms with Crippen molar-refractivity contribution in [1.29, 1.82) is 0 Å². The molecule has 2 unspecified atom stereocenters. The Morgan fingerprint density at radius 1 is 1.21 bits per heavy atom. The quantitative estimate of drug-likeness (QED) is 0.495. The van der Waals surface area contributed by atoms with Crippen LogP contribution in [0.1, 0.15) is 74.8 Å². The van der Waals surface area contributed by atoms with Crippen molar-refractivity contribution in [2.24, 2.45) is 0 Å². The van der Waals surface area contributed by atoms with Crippen molar-refractivity contribution in [3.63, 3.8) is 0 Å². The summed E-state index contributed by atoms with van der Waals surface area (Å²) in [6.07, 6.45) is 4.87. The van der Waals surface area contributed by atoms with Gasteiger partial charge in [0.25, 0.3) is 0 Å². The zero-order valence-electron chi connectivity index (χ0n) is 18.9. The van der Waals surface area contributed by atoms with E-state index in [1.807, 2.05) is 12.3 Å². The molecule has 1 aliphatic carbocycles. The fraction of sp³-hybridized carbons (Fsp3) is 0.478. The van der Waals surface area contributed by atoms with Crippen LogP contribution in [0.3, 0.4) is 0 Å². The van der Waals surface area contributed by atoms with Gasteiger partial charge in [-0.1, -0.05) is 20.8 Å². The zero-order chi connectivity index (χ0) is 23.4. The Hall–Kier alpha value is -2.88. The van der Waals surface area contributed by atoms with Gasteiger partial charge in [-0.05, 0) is 37.8 Å². The Morgan fingerprint density at radius 3 is 2.76 bits per heavy atom. The molecule has 1 aromatic carbocycles. The van der Waals surface area contributed by atoms with Crippen LogP contribution in [0.15, 0.2) is 28.8 Å². The number of anilines is 3. The summed E-state index contributed by atoms with van der Waals surface area (Å²) in [6, 6.07) is 5.01. The van der Waals surface area contributed by atoms with E-state index in [2.05, 4.69) is 46.0 Å². The van der Waals surface area contributed by atoms with E-state index < -0.39 is 15.8 Å². The number of hydrogen-bond acceptors (Lipinski definition) is 6. The molecule has 3 aromatic rings. The van der Waals surface area contributed by atoms with Crippen molar-refractivity contribution in [1.82, 2.24) is 15.2 Å². The number of benzene rings is 1. The van der Waals surface area contributed by atoms with Crippen molar-refractivity contribution in [2.45, 2.75) is 63.7 Å². The lowest BCUT2D eigenvalue weighted by Gasteiger charge is -2.20. The smallest absolute Gasteiger partial charge is 0.233 e. The summed E-state index contributed by atoms with van der Waals surface area (Å²) < 4.78 is 46.8. The molecule has 5 rings (SSSR count). The van der Waals surface area contributed by atoms with Crippen LogP contribution in [0.25, 0.3) is 0 Å². The molecule has 0 spiro atoms. The van der Waals surface area contributed by atoms with Gasteiger partial charge < -0.3 is 9.73 Å². The molecule has 33 heavy (non-hydrogen) atoms. The number of aromatic amines is 1. The monoisotopic (exact) mass is 473 g/mol. The molecule has 3 N–H and O–H groups in total. The van der Waals surface area contributed by atoms with Gasteiger partial charge >= 0.3 is 0 Å². The molecular formula is C23H28FN5O3S. The van der Waals surface area contributed by atoms with Crippen LogP contribution in [-0.2, 0) is 21.9 Å². The Bertz CT molecular complexity index is 1290. The zero-order valence-corrected chi connectivity index (χ0v) is 19.7. The van der Waals surface area contributed by atoms with E-state index in [1.165, 1.54) is 6.07 Å². The number of halogens is 1. The molecule has 176 valence electrons. The van der Waals surface area contributed by atoms with E-state index in [0.29, 0.717) is 23.0 Å². The van der Waals surface area contributed by atoms with Gasteiger partial charge in [0.1, 0.15) is 5.76 Å². The summed E-state index contributed by atoms with van der Waals surface area (Å²) in [7, 11) is -3.39. The fourth-order valence-corrected chi connectivity index (χ4v) is 5.67. The molecule has 0 saturated heterocycles. The van der Waals surface area contributed by atoms with Gasteiger partial charge in [-0.15, -0.1) is 0 Å². The molecule has 1 aliphatic heterocycles. The predicted molar refractivity (Wildman–Crippen MR) is 124 cm³/mol. The van der Waals surface area contributed by atoms with Gasteiger partial charge in [0.05, 0.1) is 23.3 Å². The molecule has 0 amide bonds. The average molecular weight is 474 g/mol. The van der Waals surface area contributed by atoms with Crippen molar-refractivity contribution in [2.75, 3.05) is 15.8 Å². The number of H-pyrrole nitrogens is 1. The number of aromatic nitrogens is 3. The molecular weight excluding hydrogens is 445 g/mol. The molecule has 2 atom stereocenters. The minimum atomic E-state index is -3.39. The number of rotatable bonds is 4. The third-order valence-corrected chi connectivity index (χ3v) is 7.75. The van der Waals surface area contributed by atoms with Crippen LogP contribution in [0, 0.1) is 5.82 Å². The SMILES string of the molecule is CC(C)(C)c1cnc(C2CCC(c3cc(Nc4ccc5c(c4F)CCS(=O)(=O)N5)n[nH]3)C2)o1. The van der Waals surface area contributed by atoms with E-state index in [-0.39, 0.29) is 29.2 Å². The first-order chi connectivity index (χ1) is 15.6. The lowest BCUT2D eigenvalue weighted by atomic mass is 9.94. The Morgan fingerprint density at radius 2 is 2.00 bits per heavy atom. The number of nitrogens with zero attached hydrogens (tertiary/aromatic N) is 2. The van der Waals surface area contributed by atoms with Gasteiger partial charge in [-0.2, -0.15) is 5.10 Å². The second kappa shape index (κ2) is 7.86. The first kappa shape index (κ1) is 21.9. The van der Waals surface area contributed by atoms with E-state index in [4.69, 9.17) is 4.42 Å². The molecule has 2 aliphatic rings. The van der Waals surface area contributed by atoms with Crippen LogP contribution >= 0.6 is 0 Å². The van der Waals surface area contributed by atoms with E-state index in [9.17, 15) is 12.8 Å². The van der Waals surface area contributed by atoms with Gasteiger partial charge in [0, 0.05) is 34.6 Å². The van der Waals surface area contributed by atoms with E-state index in [0.717, 1.165) is 36.6 Å². The Balaban J connectivity index is 1.27. The van der Waals surface area contributed by atoms with Gasteiger partial charge in [-0.3, -0.25) is 9.82 Å². The summed E-state index contributed by atoms with van der Waals surface area (Å²) in [5.74, 6) is 2.20. The molecule has 10 heteroatoms. The molecule has 1 fully saturated rings. The van der Waals surface area contributed by atoms with Crippen LogP contribution in [-0.4, -0.2) is 29.4 Å². The fourth-order valence-electron chi connectivity index (χ4n) is 4.57. The van der Waals surface area contributed by atoms with Gasteiger partial charge in [0.15, 0.2) is 17.5 Å². The van der Waals surface area contributed by atoms with Crippen LogP contribution in [0.2, 0.25) is 0 Å². The van der Waals surface area contributed by atoms with Gasteiger partial charge in [-0.25, -0.2) is 17.8 Å². The summed E-state index contributed by atoms with van der Waals surface area (Å²) in [4.78, 5) is 4.52. The normalized spacial score (nSPS) is 22.1. The minimum Gasteiger partial charge on any atom is -0.445 e. The highest BCUT2D eigenvalue weighted by Crippen LogP contribution is 2.44.